The van der Waals surface area contributed by atoms with Crippen LogP contribution in [0.1, 0.15) is 131 Å². The summed E-state index contributed by atoms with van der Waals surface area (Å²) in [5, 5.41) is 29.5. The molecular weight excluding hydrogens is 1280 g/mol. The molecule has 4 fully saturated rings. The second kappa shape index (κ2) is 41.1. The lowest BCUT2D eigenvalue weighted by molar-refractivity contribution is -0.265. The van der Waals surface area contributed by atoms with E-state index in [-0.39, 0.29) is 74.9 Å². The first kappa shape index (κ1) is 81.9. The molecule has 0 radical (unpaired) electrons. The topological polar surface area (TPSA) is 332 Å². The number of carbonyl (C=O) groups excluding carboxylic acids is 7. The summed E-state index contributed by atoms with van der Waals surface area (Å²) < 4.78 is 53.0. The average molecular weight is 1390 g/mol. The van der Waals surface area contributed by atoms with E-state index >= 15 is 0 Å². The fourth-order valence-corrected chi connectivity index (χ4v) is 13.9. The van der Waals surface area contributed by atoms with Crippen molar-refractivity contribution in [2.45, 2.75) is 199 Å². The molecule has 27 nitrogen and oxygen atoms in total. The highest BCUT2D eigenvalue weighted by Crippen LogP contribution is 2.38. The molecule has 0 aromatic carbocycles. The Hall–Kier alpha value is -6.11. The molecular formula is C72H115N9O18. The number of methoxy groups -OCH3 is 4. The molecule has 5 aliphatic rings. The van der Waals surface area contributed by atoms with Gasteiger partial charge in [0.1, 0.15) is 30.5 Å². The Morgan fingerprint density at radius 3 is 2.19 bits per heavy atom. The molecule has 2 bridgehead atoms. The fourth-order valence-electron chi connectivity index (χ4n) is 13.9. The molecule has 99 heavy (non-hydrogen) atoms. The van der Waals surface area contributed by atoms with Crippen LogP contribution < -0.4 is 21.3 Å². The average Bonchev–Trinajstić information content (AvgIpc) is 0.777. The molecule has 0 spiro atoms. The third-order valence-electron chi connectivity index (χ3n) is 19.9. The summed E-state index contributed by atoms with van der Waals surface area (Å²) >= 11 is 0. The first-order valence-electron chi connectivity index (χ1n) is 35.5. The number of nitrogens with one attached hydrogen (secondary N) is 2. The van der Waals surface area contributed by atoms with Gasteiger partial charge in [0.2, 0.25) is 23.5 Å². The van der Waals surface area contributed by atoms with E-state index in [0.29, 0.717) is 134 Å². The van der Waals surface area contributed by atoms with E-state index in [2.05, 4.69) is 20.6 Å². The van der Waals surface area contributed by atoms with E-state index < -0.39 is 108 Å². The predicted molar refractivity (Wildman–Crippen MR) is 369 cm³/mol. The van der Waals surface area contributed by atoms with Crippen LogP contribution in [0.15, 0.2) is 60.0 Å². The largest absolute Gasteiger partial charge is 0.459 e. The number of piperidine rings is 1. The molecule has 16 atom stereocenters. The van der Waals surface area contributed by atoms with Crippen molar-refractivity contribution in [1.82, 2.24) is 35.3 Å². The Labute approximate surface area is 585 Å². The number of aliphatic hydroxyl groups excluding tert-OH is 1. The van der Waals surface area contributed by atoms with Gasteiger partial charge in [-0.05, 0) is 115 Å². The van der Waals surface area contributed by atoms with Crippen LogP contribution in [0.5, 0.6) is 0 Å². The van der Waals surface area contributed by atoms with E-state index in [0.717, 1.165) is 5.57 Å². The molecule has 1 unspecified atom stereocenters. The number of piperazine rings is 1. The number of fused-ring (bicyclic) bond motifs is 3. The summed E-state index contributed by atoms with van der Waals surface area (Å²) in [5.74, 6) is -7.25. The quantitative estimate of drug-likeness (QED) is 0.0451. The van der Waals surface area contributed by atoms with Gasteiger partial charge in [-0.25, -0.2) is 19.6 Å². The van der Waals surface area contributed by atoms with Crippen LogP contribution in [0, 0.1) is 29.6 Å². The second-order valence-electron chi connectivity index (χ2n) is 27.5. The molecule has 5 heterocycles. The van der Waals surface area contributed by atoms with Gasteiger partial charge in [0.05, 0.1) is 57.3 Å². The van der Waals surface area contributed by atoms with Crippen LogP contribution in [-0.4, -0.2) is 257 Å². The van der Waals surface area contributed by atoms with Crippen molar-refractivity contribution >= 4 is 47.3 Å². The zero-order chi connectivity index (χ0) is 72.3. The fraction of sp³-hybridized carbons (Fsp3) is 0.736. The number of esters is 1. The molecule has 1 aromatic heterocycles. The molecule has 556 valence electrons. The number of ketones is 2. The van der Waals surface area contributed by atoms with Gasteiger partial charge < -0.3 is 83.9 Å². The van der Waals surface area contributed by atoms with E-state index in [4.69, 9.17) is 48.4 Å². The number of nitrogens with zero attached hydrogens (tertiary/aromatic N) is 6. The Kier molecular flexibility index (Phi) is 34.0. The molecule has 6 rings (SSSR count). The number of aromatic nitrogens is 2. The van der Waals surface area contributed by atoms with Gasteiger partial charge in [-0.3, -0.25) is 28.9 Å². The molecule has 1 saturated carbocycles. The Bertz CT molecular complexity index is 2870. The highest BCUT2D eigenvalue weighted by atomic mass is 16.6. The number of allylic oxidation sites excluding steroid dienone is 5. The molecule has 3 saturated heterocycles. The van der Waals surface area contributed by atoms with Crippen LogP contribution >= 0.6 is 0 Å². The molecule has 4 aliphatic heterocycles. The van der Waals surface area contributed by atoms with E-state index in [1.54, 1.807) is 57.3 Å². The number of likely N-dealkylation sites (N-methyl/N-ethyl adjacent to an activating group) is 1. The van der Waals surface area contributed by atoms with Gasteiger partial charge in [0.25, 0.3) is 11.7 Å². The third-order valence-corrected chi connectivity index (χ3v) is 19.9. The van der Waals surface area contributed by atoms with Gasteiger partial charge in [-0.15, -0.1) is 0 Å². The summed E-state index contributed by atoms with van der Waals surface area (Å²) in [6, 6.07) is -2.01. The van der Waals surface area contributed by atoms with E-state index in [9.17, 15) is 43.8 Å². The Balaban J connectivity index is 1.10. The van der Waals surface area contributed by atoms with Crippen LogP contribution in [0.2, 0.25) is 0 Å². The number of hydrogen-bond donors (Lipinski definition) is 5. The number of hydrogen-bond acceptors (Lipinski definition) is 23. The van der Waals surface area contributed by atoms with Gasteiger partial charge in [-0.1, -0.05) is 64.2 Å². The minimum Gasteiger partial charge on any atom is -0.459 e. The second-order valence-corrected chi connectivity index (χ2v) is 27.5. The number of Topliss-reactive ketones (excluding diaryl/α,β-unsaturated/α-hetero) is 2. The van der Waals surface area contributed by atoms with Crippen LogP contribution in [0.4, 0.5) is 10.7 Å². The number of cyclic esters (lactones) is 1. The lowest BCUT2D eigenvalue weighted by Gasteiger charge is -2.43. The number of aliphatic hydroxyl groups is 2. The van der Waals surface area contributed by atoms with Crippen molar-refractivity contribution < 1.29 is 86.4 Å². The number of ether oxygens (including phenoxy) is 9. The molecule has 6 N–H and O–H groups in total. The number of anilines is 1. The number of alkyl carbamates (subject to hydrolysis) is 1. The van der Waals surface area contributed by atoms with Crippen molar-refractivity contribution in [3.05, 3.63) is 65.6 Å². The van der Waals surface area contributed by atoms with Gasteiger partial charge in [-0.2, -0.15) is 0 Å². The normalized spacial score (nSPS) is 32.1. The van der Waals surface area contributed by atoms with Crippen molar-refractivity contribution in [2.75, 3.05) is 119 Å². The summed E-state index contributed by atoms with van der Waals surface area (Å²) in [6.45, 7) is 17.5. The van der Waals surface area contributed by atoms with E-state index in [1.165, 1.54) is 19.1 Å². The van der Waals surface area contributed by atoms with Crippen molar-refractivity contribution in [3.8, 4) is 0 Å². The van der Waals surface area contributed by atoms with Gasteiger partial charge in [0, 0.05) is 135 Å². The first-order chi connectivity index (χ1) is 47.3. The molecule has 1 aromatic rings. The SMILES string of the molecule is CCOCCOCCNC(=O)CN(C)CC(=O)N1CCN(c2ncc(CNC(=O)O[C@@H]3CC[C@@H](C[C@@H](N)[C@@H]4C[C@@H](OC)[C@H](C)/C=C(\C)[C@@H](O)[C@@H](OC)C(=O)[C@H](C)C[C@H](C)/C=C/C=C/C=C(\C)[C@@H](OC)C[C@@H]5CC[C@@H](C)[C@@](O)(O5)C(=O)C(=O)N5CCCCC5C(=O)O4)C[C@H]3OC)cn2)CC1. The van der Waals surface area contributed by atoms with E-state index in [1.807, 2.05) is 76.0 Å². The highest BCUT2D eigenvalue weighted by molar-refractivity contribution is 6.39. The lowest BCUT2D eigenvalue weighted by atomic mass is 9.80. The molecule has 27 heteroatoms. The minimum atomic E-state index is -2.48. The number of rotatable bonds is 22. The maximum atomic E-state index is 14.9. The smallest absolute Gasteiger partial charge is 0.407 e. The lowest BCUT2D eigenvalue weighted by Crippen LogP contribution is -2.61. The Morgan fingerprint density at radius 2 is 1.51 bits per heavy atom. The predicted octanol–water partition coefficient (Wildman–Crippen LogP) is 4.79. The number of amides is 4. The van der Waals surface area contributed by atoms with Crippen LogP contribution in [0.25, 0.3) is 0 Å². The zero-order valence-electron chi connectivity index (χ0n) is 60.6. The standard InChI is InChI=1S/C72H115N9O18/c1-13-95-33-34-96-32-26-74-62(82)44-78(8)45-63(83)79-28-30-80(31-29-79)70-75-41-53(42-76-70)43-77-71(89)98-57-25-23-52(38-61(57)93-11)37-55(73)60-40-59(92-10)48(4)36-50(6)65(85)66(94-12)64(84)49(5)35-46(2)19-15-14-16-20-47(3)58(91-9)39-54-24-22-51(7)72(90,99-54)67(86)68(87)81-27-18-17-21-56(81)69(88)97-60/h14-16,19-20,36,41-42,46,48-49,51-52,54-61,65-66,85,90H,13,17-18,21-35,37-40,43-45,73H2,1-12H3,(H,74,82)(H,77,89)/b16-14+,19-15+,47-20+,50-36+/t46-,48-,49-,51-,52+,54+,55-,56?,57-,58+,59-,60+,61-,65-,66+,72-/m1/s1. The monoisotopic (exact) mass is 1390 g/mol. The van der Waals surface area contributed by atoms with Crippen molar-refractivity contribution in [1.29, 1.82) is 0 Å². The maximum absolute atomic E-state index is 14.9. The van der Waals surface area contributed by atoms with Crippen molar-refractivity contribution in [2.24, 2.45) is 35.3 Å². The number of nitrogens with two attached hydrogens (primary N) is 1. The summed E-state index contributed by atoms with van der Waals surface area (Å²) in [4.78, 5) is 113. The van der Waals surface area contributed by atoms with Crippen LogP contribution in [0.3, 0.4) is 0 Å². The maximum Gasteiger partial charge on any atom is 0.407 e. The highest BCUT2D eigenvalue weighted by Gasteiger charge is 2.53. The minimum absolute atomic E-state index is 0.000709. The molecule has 1 aliphatic carbocycles. The third kappa shape index (κ3) is 24.6. The van der Waals surface area contributed by atoms with Gasteiger partial charge >= 0.3 is 12.1 Å². The number of carbonyl (C=O) groups is 7. The van der Waals surface area contributed by atoms with Crippen LogP contribution in [-0.2, 0) is 77.9 Å². The van der Waals surface area contributed by atoms with Crippen molar-refractivity contribution in [3.63, 3.8) is 0 Å². The molecule has 4 amide bonds. The van der Waals surface area contributed by atoms with Gasteiger partial charge in [0.15, 0.2) is 5.78 Å². The summed E-state index contributed by atoms with van der Waals surface area (Å²) in [6.07, 6.45) is 12.4. The zero-order valence-corrected chi connectivity index (χ0v) is 60.6. The first-order valence-corrected chi connectivity index (χ1v) is 35.5. The summed E-state index contributed by atoms with van der Waals surface area (Å²) in [5.41, 5.74) is 9.17. The Morgan fingerprint density at radius 1 is 0.788 bits per heavy atom. The summed E-state index contributed by atoms with van der Waals surface area (Å²) in [7, 11) is 7.77.